The van der Waals surface area contributed by atoms with Gasteiger partial charge in [-0.1, -0.05) is 17.7 Å². The second kappa shape index (κ2) is 42.3. The fraction of sp³-hybridized carbons (Fsp3) is 0.429. The van der Waals surface area contributed by atoms with E-state index in [0.717, 1.165) is 55.9 Å². The van der Waals surface area contributed by atoms with Crippen molar-refractivity contribution in [3.05, 3.63) is 123 Å². The van der Waals surface area contributed by atoms with E-state index >= 15 is 0 Å². The van der Waals surface area contributed by atoms with Crippen LogP contribution in [0.4, 0.5) is 0 Å². The molecule has 87 heavy (non-hydrogen) atoms. The monoisotopic (exact) mass is 1350 g/mol. The summed E-state index contributed by atoms with van der Waals surface area (Å²) in [7, 11) is 21.2. The SMILES string of the molecule is Cc1ccc(OCc2cc(OCc3cc(C(=O)NNC(=O)CCCN(CP)CP)cc(C(=O)NNC(=O)CCCN(CP)CP)c3)cc(OCc3cc(C(=O)NNC(=O)CCCN(CP)CP)cc(C(=O)NNC(=O)CCCN(CP)CP)c3)c2)cc1. The third kappa shape index (κ3) is 29.2. The van der Waals surface area contributed by atoms with Crippen molar-refractivity contribution in [2.75, 3.05) is 76.5 Å². The number of hydrogen-bond acceptors (Lipinski definition) is 15. The van der Waals surface area contributed by atoms with Crippen LogP contribution in [0.2, 0.25) is 0 Å². The molecule has 0 bridgehead atoms. The zero-order chi connectivity index (χ0) is 63.5. The Morgan fingerprint density at radius 3 is 0.851 bits per heavy atom. The molecule has 23 nitrogen and oxygen atoms in total. The summed E-state index contributed by atoms with van der Waals surface area (Å²) in [6.45, 7) is 4.32. The van der Waals surface area contributed by atoms with E-state index in [0.29, 0.717) is 74.3 Å². The van der Waals surface area contributed by atoms with Crippen molar-refractivity contribution < 1.29 is 52.6 Å². The van der Waals surface area contributed by atoms with Crippen molar-refractivity contribution in [2.24, 2.45) is 0 Å². The maximum Gasteiger partial charge on any atom is 0.269 e. The van der Waals surface area contributed by atoms with Crippen molar-refractivity contribution in [1.29, 1.82) is 0 Å². The molecule has 0 aromatic heterocycles. The van der Waals surface area contributed by atoms with Crippen molar-refractivity contribution in [2.45, 2.75) is 78.1 Å². The zero-order valence-corrected chi connectivity index (χ0v) is 58.4. The van der Waals surface area contributed by atoms with E-state index in [4.69, 9.17) is 14.2 Å². The molecule has 8 unspecified atom stereocenters. The quantitative estimate of drug-likeness (QED) is 0.0223. The van der Waals surface area contributed by atoms with Crippen LogP contribution in [0.15, 0.2) is 78.9 Å². The topological polar surface area (TPSA) is 273 Å². The summed E-state index contributed by atoms with van der Waals surface area (Å²) in [5, 5.41) is 0. The molecule has 4 aromatic rings. The van der Waals surface area contributed by atoms with E-state index in [9.17, 15) is 38.4 Å². The Bertz CT molecular complexity index is 2580. The number of aryl methyl sites for hydroxylation is 1. The fourth-order valence-electron chi connectivity index (χ4n) is 8.02. The van der Waals surface area contributed by atoms with Gasteiger partial charge in [0.2, 0.25) is 23.6 Å². The molecule has 4 aromatic carbocycles. The van der Waals surface area contributed by atoms with Crippen LogP contribution < -0.4 is 57.6 Å². The second-order valence-electron chi connectivity index (χ2n) is 19.8. The first-order valence-electron chi connectivity index (χ1n) is 28.2. The van der Waals surface area contributed by atoms with Crippen molar-refractivity contribution in [1.82, 2.24) is 63.0 Å². The predicted molar refractivity (Wildman–Crippen MR) is 366 cm³/mol. The molecule has 8 amide bonds. The van der Waals surface area contributed by atoms with Gasteiger partial charge in [0.15, 0.2) is 0 Å². The smallest absolute Gasteiger partial charge is 0.269 e. The zero-order valence-electron chi connectivity index (χ0n) is 49.2. The molecule has 0 aliphatic heterocycles. The summed E-state index contributed by atoms with van der Waals surface area (Å²) in [5.41, 5.74) is 22.0. The lowest BCUT2D eigenvalue weighted by molar-refractivity contribution is -0.122. The number of carbonyl (C=O) groups excluding carboxylic acids is 8. The van der Waals surface area contributed by atoms with E-state index < -0.39 is 47.3 Å². The number of nitrogens with zero attached hydrogens (tertiary/aromatic N) is 4. The molecule has 8 atom stereocenters. The number of carbonyl (C=O) groups is 8. The Morgan fingerprint density at radius 1 is 0.333 bits per heavy atom. The molecule has 0 aliphatic carbocycles. The highest BCUT2D eigenvalue weighted by Crippen LogP contribution is 2.27. The van der Waals surface area contributed by atoms with E-state index in [1.54, 1.807) is 18.2 Å². The van der Waals surface area contributed by atoms with Gasteiger partial charge in [0, 0.05) is 104 Å². The molecule has 0 saturated heterocycles. The summed E-state index contributed by atoms with van der Waals surface area (Å²) < 4.78 is 18.9. The van der Waals surface area contributed by atoms with Gasteiger partial charge in [0.05, 0.1) is 0 Å². The third-order valence-corrected chi connectivity index (χ3v) is 17.2. The number of hydrazine groups is 4. The summed E-state index contributed by atoms with van der Waals surface area (Å²) >= 11 is 0. The highest BCUT2D eigenvalue weighted by atomic mass is 31.0. The van der Waals surface area contributed by atoms with Gasteiger partial charge >= 0.3 is 0 Å². The molecule has 0 aliphatic rings. The summed E-state index contributed by atoms with van der Waals surface area (Å²) in [4.78, 5) is 114. The molecule has 0 saturated carbocycles. The first-order valence-corrected chi connectivity index (χ1v) is 34.7. The molecule has 0 heterocycles. The van der Waals surface area contributed by atoms with E-state index in [1.165, 1.54) is 36.4 Å². The molecule has 8 N–H and O–H groups in total. The highest BCUT2D eigenvalue weighted by molar-refractivity contribution is 7.18. The van der Waals surface area contributed by atoms with Crippen LogP contribution in [-0.4, -0.2) is 143 Å². The predicted octanol–water partition coefficient (Wildman–Crippen LogP) is 4.77. The lowest BCUT2D eigenvalue weighted by Gasteiger charge is -2.17. The van der Waals surface area contributed by atoms with E-state index in [1.807, 2.05) is 31.2 Å². The molecular weight excluding hydrogens is 1260 g/mol. The minimum Gasteiger partial charge on any atom is -0.489 e. The van der Waals surface area contributed by atoms with Gasteiger partial charge < -0.3 is 14.2 Å². The first-order chi connectivity index (χ1) is 41.9. The molecule has 0 spiro atoms. The van der Waals surface area contributed by atoms with Crippen LogP contribution in [0, 0.1) is 6.92 Å². The van der Waals surface area contributed by atoms with Crippen LogP contribution in [-0.2, 0) is 39.0 Å². The number of amides is 8. The van der Waals surface area contributed by atoms with Crippen molar-refractivity contribution in [3.8, 4) is 17.2 Å². The normalized spacial score (nSPS) is 11.0. The molecule has 0 radical (unpaired) electrons. The van der Waals surface area contributed by atoms with Gasteiger partial charge in [-0.15, -0.1) is 73.9 Å². The van der Waals surface area contributed by atoms with Gasteiger partial charge in [0.1, 0.15) is 37.1 Å². The number of benzene rings is 4. The molecule has 31 heteroatoms. The van der Waals surface area contributed by atoms with Gasteiger partial charge in [-0.2, -0.15) is 0 Å². The number of ether oxygens (including phenoxy) is 3. The maximum absolute atomic E-state index is 13.7. The number of hydrogen-bond donors (Lipinski definition) is 8. The standard InChI is InChI=1S/C56H86N12O11P8/c1-38-10-12-46(13-11-38)77-29-41-22-47(78-27-39-18-42(53(73)61-57-49(69)6-2-14-65(30-80)31-81)24-43(19-39)54(74)62-58-50(70)7-3-15-66(32-82)33-83)26-48(23-41)79-28-40-20-44(55(75)63-59-51(71)8-4-16-67(34-84)35-85)25-45(21-40)56(76)64-60-52(72)9-5-17-68(36-86)37-87/h10-13,18-26H,2-9,14-17,27-37,80-87H2,1H3,(H,57,69)(H,58,70)(H,59,71)(H,60,72)(H,61,73)(H,62,74)(H,63,75)(H,64,76). The first kappa shape index (κ1) is 74.8. The van der Waals surface area contributed by atoms with Gasteiger partial charge in [0.25, 0.3) is 23.6 Å². The number of nitrogens with one attached hydrogen (secondary N) is 8. The van der Waals surface area contributed by atoms with Gasteiger partial charge in [-0.3, -0.25) is 101 Å². The molecule has 476 valence electrons. The van der Waals surface area contributed by atoms with Crippen molar-refractivity contribution >= 4 is 121 Å². The largest absolute Gasteiger partial charge is 0.489 e. The average Bonchev–Trinajstić information content (AvgIpc) is 3.28. The Labute approximate surface area is 529 Å². The second-order valence-corrected chi connectivity index (χ2v) is 22.7. The van der Waals surface area contributed by atoms with Crippen LogP contribution in [0.1, 0.15) is 115 Å². The van der Waals surface area contributed by atoms with Crippen LogP contribution in [0.25, 0.3) is 0 Å². The number of rotatable bonds is 37. The lowest BCUT2D eigenvalue weighted by Crippen LogP contribution is -2.43. The van der Waals surface area contributed by atoms with Gasteiger partial charge in [-0.05, 0) is 136 Å². The third-order valence-electron chi connectivity index (χ3n) is 13.1. The fourth-order valence-corrected chi connectivity index (χ4v) is 11.9. The maximum atomic E-state index is 13.7. The lowest BCUT2D eigenvalue weighted by atomic mass is 10.0. The molecule has 4 rings (SSSR count). The highest BCUT2D eigenvalue weighted by Gasteiger charge is 2.19. The van der Waals surface area contributed by atoms with E-state index in [2.05, 4.69) is 137 Å². The average molecular weight is 1350 g/mol. The van der Waals surface area contributed by atoms with Crippen molar-refractivity contribution in [3.63, 3.8) is 0 Å². The van der Waals surface area contributed by atoms with Crippen LogP contribution in [0.3, 0.4) is 0 Å². The Balaban J connectivity index is 1.63. The summed E-state index contributed by atoms with van der Waals surface area (Å²) in [6.07, 6.45) is 8.74. The minimum absolute atomic E-state index is 0.00653. The van der Waals surface area contributed by atoms with Gasteiger partial charge in [-0.25, -0.2) is 0 Å². The van der Waals surface area contributed by atoms with E-state index in [-0.39, 0.29) is 79.3 Å². The summed E-state index contributed by atoms with van der Waals surface area (Å²) in [6, 6.07) is 21.2. The Kier molecular flexibility index (Phi) is 36.4. The Morgan fingerprint density at radius 2 is 0.586 bits per heavy atom. The Hall–Kier alpha value is -4.68. The van der Waals surface area contributed by atoms with Crippen LogP contribution >= 0.6 is 73.9 Å². The summed E-state index contributed by atoms with van der Waals surface area (Å²) in [5.74, 6) is -3.31. The van der Waals surface area contributed by atoms with Crippen LogP contribution in [0.5, 0.6) is 17.2 Å². The molecular formula is C56H86N12O11P8. The minimum atomic E-state index is -0.713. The molecule has 0 fully saturated rings.